The first kappa shape index (κ1) is 17.5. The topological polar surface area (TPSA) is 84.2 Å². The third-order valence-corrected chi connectivity index (χ3v) is 6.10. The van der Waals surface area contributed by atoms with Crippen molar-refractivity contribution < 1.29 is 12.8 Å². The van der Waals surface area contributed by atoms with E-state index in [1.54, 1.807) is 19.1 Å². The van der Waals surface area contributed by atoms with Crippen LogP contribution in [0.25, 0.3) is 11.1 Å². The summed E-state index contributed by atoms with van der Waals surface area (Å²) in [5.41, 5.74) is 1.46. The van der Waals surface area contributed by atoms with Crippen LogP contribution in [0.15, 0.2) is 22.6 Å². The van der Waals surface area contributed by atoms with Gasteiger partial charge in [0, 0.05) is 17.6 Å². The maximum atomic E-state index is 11.5. The van der Waals surface area contributed by atoms with E-state index in [0.29, 0.717) is 35.1 Å². The van der Waals surface area contributed by atoms with Crippen molar-refractivity contribution in [1.82, 2.24) is 9.71 Å². The molecule has 0 saturated heterocycles. The zero-order valence-corrected chi connectivity index (χ0v) is 15.2. The minimum Gasteiger partial charge on any atom is -0.424 e. The lowest BCUT2D eigenvalue weighted by atomic mass is 9.86. The van der Waals surface area contributed by atoms with Crippen LogP contribution in [0.4, 0.5) is 6.01 Å². The zero-order valence-electron chi connectivity index (χ0n) is 13.6. The van der Waals surface area contributed by atoms with Crippen molar-refractivity contribution in [1.29, 1.82) is 0 Å². The molecule has 1 saturated carbocycles. The minimum absolute atomic E-state index is 0.131. The molecule has 0 spiro atoms. The van der Waals surface area contributed by atoms with E-state index in [1.807, 2.05) is 6.07 Å². The van der Waals surface area contributed by atoms with Crippen molar-refractivity contribution in [2.75, 3.05) is 17.6 Å². The Kier molecular flexibility index (Phi) is 5.32. The summed E-state index contributed by atoms with van der Waals surface area (Å²) in [4.78, 5) is 4.41. The molecule has 1 fully saturated rings. The number of halogens is 1. The van der Waals surface area contributed by atoms with Crippen molar-refractivity contribution in [2.45, 2.75) is 38.6 Å². The van der Waals surface area contributed by atoms with Gasteiger partial charge in [0.05, 0.1) is 5.75 Å². The molecule has 0 atom stereocenters. The van der Waals surface area contributed by atoms with Crippen LogP contribution < -0.4 is 10.0 Å². The molecule has 1 aromatic carbocycles. The average Bonchev–Trinajstić information content (AvgIpc) is 2.95. The summed E-state index contributed by atoms with van der Waals surface area (Å²) < 4.78 is 31.4. The summed E-state index contributed by atoms with van der Waals surface area (Å²) >= 11 is 5.96. The largest absolute Gasteiger partial charge is 0.424 e. The average molecular weight is 372 g/mol. The molecule has 1 aromatic heterocycles. The smallest absolute Gasteiger partial charge is 0.295 e. The fourth-order valence-electron chi connectivity index (χ4n) is 2.99. The van der Waals surface area contributed by atoms with Crippen LogP contribution in [-0.2, 0) is 10.0 Å². The second kappa shape index (κ2) is 7.29. The van der Waals surface area contributed by atoms with E-state index in [9.17, 15) is 8.42 Å². The quantitative estimate of drug-likeness (QED) is 0.813. The van der Waals surface area contributed by atoms with Crippen molar-refractivity contribution in [2.24, 2.45) is 5.92 Å². The van der Waals surface area contributed by atoms with E-state index in [2.05, 4.69) is 15.0 Å². The Morgan fingerprint density at radius 2 is 2.04 bits per heavy atom. The van der Waals surface area contributed by atoms with Crippen molar-refractivity contribution in [3.63, 3.8) is 0 Å². The number of aromatic nitrogens is 1. The van der Waals surface area contributed by atoms with Gasteiger partial charge in [-0.25, -0.2) is 13.1 Å². The summed E-state index contributed by atoms with van der Waals surface area (Å²) in [6.07, 6.45) is 3.90. The molecule has 0 radical (unpaired) electrons. The molecule has 6 nitrogen and oxygen atoms in total. The fraction of sp³-hybridized carbons (Fsp3) is 0.562. The molecule has 1 heterocycles. The molecule has 24 heavy (non-hydrogen) atoms. The number of anilines is 1. The number of sulfonamides is 1. The number of nitrogens with zero attached hydrogens (tertiary/aromatic N) is 1. The molecule has 0 amide bonds. The van der Waals surface area contributed by atoms with Crippen LogP contribution in [-0.4, -0.2) is 31.7 Å². The third-order valence-electron chi connectivity index (χ3n) is 4.50. The highest BCUT2D eigenvalue weighted by atomic mass is 35.5. The summed E-state index contributed by atoms with van der Waals surface area (Å²) in [6.45, 7) is 2.18. The summed E-state index contributed by atoms with van der Waals surface area (Å²) in [7, 11) is -3.10. The number of hydrogen-bond acceptors (Lipinski definition) is 5. The van der Waals surface area contributed by atoms with Gasteiger partial charge in [0.2, 0.25) is 10.0 Å². The first-order valence-corrected chi connectivity index (χ1v) is 10.3. The molecular formula is C16H22ClN3O3S. The monoisotopic (exact) mass is 371 g/mol. The molecule has 2 N–H and O–H groups in total. The molecule has 1 aliphatic rings. The maximum absolute atomic E-state index is 11.5. The maximum Gasteiger partial charge on any atom is 0.295 e. The second-order valence-electron chi connectivity index (χ2n) is 6.24. The predicted molar refractivity (Wildman–Crippen MR) is 95.9 cm³/mol. The van der Waals surface area contributed by atoms with Crippen molar-refractivity contribution in [3.8, 4) is 0 Å². The van der Waals surface area contributed by atoms with Gasteiger partial charge in [-0.05, 0) is 56.7 Å². The Bertz CT molecular complexity index is 798. The van der Waals surface area contributed by atoms with Crippen LogP contribution in [0, 0.1) is 5.92 Å². The lowest BCUT2D eigenvalue weighted by molar-refractivity contribution is 0.334. The molecule has 2 aromatic rings. The Hall–Kier alpha value is -1.31. The number of oxazole rings is 1. The Morgan fingerprint density at radius 3 is 2.75 bits per heavy atom. The third kappa shape index (κ3) is 4.40. The lowest BCUT2D eigenvalue weighted by Gasteiger charge is -2.28. The highest BCUT2D eigenvalue weighted by Gasteiger charge is 2.23. The van der Waals surface area contributed by atoms with Gasteiger partial charge >= 0.3 is 0 Å². The van der Waals surface area contributed by atoms with Gasteiger partial charge in [0.25, 0.3) is 6.01 Å². The highest BCUT2D eigenvalue weighted by molar-refractivity contribution is 7.89. The van der Waals surface area contributed by atoms with Gasteiger partial charge in [0.1, 0.15) is 5.52 Å². The second-order valence-corrected chi connectivity index (χ2v) is 8.78. The number of benzene rings is 1. The van der Waals surface area contributed by atoms with E-state index in [4.69, 9.17) is 16.0 Å². The SMILES string of the molecule is CCS(=O)(=O)NCC1CCC(Nc2nc3cc(Cl)ccc3o2)CC1. The van der Waals surface area contributed by atoms with Gasteiger partial charge in [-0.3, -0.25) is 0 Å². The van der Waals surface area contributed by atoms with E-state index >= 15 is 0 Å². The summed E-state index contributed by atoms with van der Waals surface area (Å²) in [5, 5.41) is 3.97. The Morgan fingerprint density at radius 1 is 1.29 bits per heavy atom. The number of rotatable bonds is 6. The van der Waals surface area contributed by atoms with Crippen LogP contribution >= 0.6 is 11.6 Å². The molecule has 0 unspecified atom stereocenters. The zero-order chi connectivity index (χ0) is 17.2. The molecule has 1 aliphatic carbocycles. The number of hydrogen-bond donors (Lipinski definition) is 2. The van der Waals surface area contributed by atoms with Gasteiger partial charge < -0.3 is 9.73 Å². The van der Waals surface area contributed by atoms with Crippen LogP contribution in [0.3, 0.4) is 0 Å². The first-order chi connectivity index (χ1) is 11.4. The molecule has 0 bridgehead atoms. The minimum atomic E-state index is -3.10. The van der Waals surface area contributed by atoms with Gasteiger partial charge in [0.15, 0.2) is 5.58 Å². The first-order valence-electron chi connectivity index (χ1n) is 8.25. The van der Waals surface area contributed by atoms with Crippen LogP contribution in [0.5, 0.6) is 0 Å². The molecule has 8 heteroatoms. The van der Waals surface area contributed by atoms with Gasteiger partial charge in [-0.15, -0.1) is 0 Å². The van der Waals surface area contributed by atoms with Crippen molar-refractivity contribution >= 4 is 38.7 Å². The van der Waals surface area contributed by atoms with E-state index in [1.165, 1.54) is 0 Å². The van der Waals surface area contributed by atoms with E-state index in [0.717, 1.165) is 31.2 Å². The molecule has 3 rings (SSSR count). The fourth-order valence-corrected chi connectivity index (χ4v) is 3.85. The summed E-state index contributed by atoms with van der Waals surface area (Å²) in [5.74, 6) is 0.526. The Labute approximate surface area is 147 Å². The van der Waals surface area contributed by atoms with Gasteiger partial charge in [-0.1, -0.05) is 11.6 Å². The highest BCUT2D eigenvalue weighted by Crippen LogP contribution is 2.28. The standard InChI is InChI=1S/C16H22ClN3O3S/c1-2-24(21,22)18-10-11-3-6-13(7-4-11)19-16-20-14-9-12(17)5-8-15(14)23-16/h5,8-9,11,13,18H,2-4,6-7,10H2,1H3,(H,19,20). The Balaban J connectivity index is 1.51. The van der Waals surface area contributed by atoms with Crippen molar-refractivity contribution in [3.05, 3.63) is 23.2 Å². The van der Waals surface area contributed by atoms with Gasteiger partial charge in [-0.2, -0.15) is 4.98 Å². The normalized spacial score (nSPS) is 21.9. The molecule has 132 valence electrons. The van der Waals surface area contributed by atoms with Crippen LogP contribution in [0.2, 0.25) is 5.02 Å². The molecular weight excluding hydrogens is 350 g/mol. The van der Waals surface area contributed by atoms with E-state index in [-0.39, 0.29) is 5.75 Å². The number of fused-ring (bicyclic) bond motifs is 1. The summed E-state index contributed by atoms with van der Waals surface area (Å²) in [6, 6.07) is 6.19. The lowest BCUT2D eigenvalue weighted by Crippen LogP contribution is -2.34. The molecule has 0 aliphatic heterocycles. The predicted octanol–water partition coefficient (Wildman–Crippen LogP) is 3.39. The van der Waals surface area contributed by atoms with Crippen LogP contribution in [0.1, 0.15) is 32.6 Å². The number of nitrogens with one attached hydrogen (secondary N) is 2. The van der Waals surface area contributed by atoms with E-state index < -0.39 is 10.0 Å².